The van der Waals surface area contributed by atoms with Crippen LogP contribution in [-0.4, -0.2) is 21.6 Å². The fraction of sp³-hybridized carbons (Fsp3) is 0.269. The molecule has 0 saturated carbocycles. The number of hydrogen-bond acceptors (Lipinski definition) is 4. The van der Waals surface area contributed by atoms with Crippen LogP contribution in [0.1, 0.15) is 46.9 Å². The quantitative estimate of drug-likeness (QED) is 0.458. The van der Waals surface area contributed by atoms with E-state index in [2.05, 4.69) is 10.4 Å². The summed E-state index contributed by atoms with van der Waals surface area (Å²) in [5.74, 6) is -0.876. The summed E-state index contributed by atoms with van der Waals surface area (Å²) in [5, 5.41) is 7.51. The van der Waals surface area contributed by atoms with E-state index < -0.39 is 11.2 Å². The normalized spacial score (nSPS) is 14.6. The largest absolute Gasteiger partial charge is 0.459 e. The molecule has 2 aromatic carbocycles. The maximum atomic E-state index is 14.6. The number of nitrogens with one attached hydrogen (secondary N) is 1. The van der Waals surface area contributed by atoms with E-state index in [4.69, 9.17) is 4.42 Å². The van der Waals surface area contributed by atoms with Gasteiger partial charge in [0, 0.05) is 23.7 Å². The molecule has 1 aliphatic heterocycles. The van der Waals surface area contributed by atoms with Gasteiger partial charge in [-0.3, -0.25) is 14.3 Å². The Labute approximate surface area is 200 Å². The molecule has 3 heterocycles. The summed E-state index contributed by atoms with van der Waals surface area (Å²) in [6.45, 7) is 5.30. The molecule has 180 valence electrons. The molecule has 4 aromatic rings. The number of anilines is 1. The molecule has 0 spiro atoms. The van der Waals surface area contributed by atoms with Gasteiger partial charge in [-0.05, 0) is 62.7 Å². The zero-order chi connectivity index (χ0) is 25.1. The highest BCUT2D eigenvalue weighted by Gasteiger charge is 2.44. The van der Waals surface area contributed by atoms with Gasteiger partial charge < -0.3 is 14.6 Å². The van der Waals surface area contributed by atoms with Crippen LogP contribution in [0.2, 0.25) is 0 Å². The third-order valence-electron chi connectivity index (χ3n) is 6.53. The molecule has 9 heteroatoms. The van der Waals surface area contributed by atoms with Gasteiger partial charge in [0.2, 0.25) is 5.91 Å². The highest BCUT2D eigenvalue weighted by molar-refractivity contribution is 6.08. The maximum absolute atomic E-state index is 14.6. The molecule has 7 nitrogen and oxygen atoms in total. The summed E-state index contributed by atoms with van der Waals surface area (Å²) in [6.07, 6.45) is 0. The summed E-state index contributed by atoms with van der Waals surface area (Å²) in [4.78, 5) is 27.7. The standard InChI is InChI=1S/C26H24F2N4O3/c1-14-23(28)21(31(4)30-14)13-32-20-11-15(5-7-19(20)26(2,3)25(32)34)24(33)29-12-18-10-16-9-17(27)6-8-22(16)35-18/h5-11H,12-13H2,1-4H3,(H,29,33). The lowest BCUT2D eigenvalue weighted by Gasteiger charge is -2.20. The fourth-order valence-electron chi connectivity index (χ4n) is 4.57. The van der Waals surface area contributed by atoms with Crippen LogP contribution in [0.15, 0.2) is 46.9 Å². The first kappa shape index (κ1) is 22.8. The third kappa shape index (κ3) is 3.77. The molecule has 35 heavy (non-hydrogen) atoms. The Morgan fingerprint density at radius 3 is 2.63 bits per heavy atom. The van der Waals surface area contributed by atoms with Gasteiger partial charge in [0.15, 0.2) is 5.82 Å². The topological polar surface area (TPSA) is 80.4 Å². The van der Waals surface area contributed by atoms with Crippen molar-refractivity contribution in [1.29, 1.82) is 0 Å². The van der Waals surface area contributed by atoms with Crippen molar-refractivity contribution in [3.05, 3.63) is 82.4 Å². The van der Waals surface area contributed by atoms with Crippen LogP contribution in [0.4, 0.5) is 14.5 Å². The average molecular weight is 478 g/mol. The molecule has 0 aliphatic carbocycles. The summed E-state index contributed by atoms with van der Waals surface area (Å²) in [7, 11) is 1.63. The van der Waals surface area contributed by atoms with Gasteiger partial charge in [-0.25, -0.2) is 8.78 Å². The molecule has 1 aliphatic rings. The molecule has 0 bridgehead atoms. The molecule has 5 rings (SSSR count). The molecular formula is C26H24F2N4O3. The van der Waals surface area contributed by atoms with Crippen LogP contribution >= 0.6 is 0 Å². The predicted molar refractivity (Wildman–Crippen MR) is 126 cm³/mol. The van der Waals surface area contributed by atoms with Crippen molar-refractivity contribution < 1.29 is 22.8 Å². The first-order valence-electron chi connectivity index (χ1n) is 11.2. The number of amides is 2. The van der Waals surface area contributed by atoms with E-state index in [0.29, 0.717) is 28.0 Å². The predicted octanol–water partition coefficient (Wildman–Crippen LogP) is 4.51. The second-order valence-electron chi connectivity index (χ2n) is 9.30. The fourth-order valence-corrected chi connectivity index (χ4v) is 4.57. The maximum Gasteiger partial charge on any atom is 0.251 e. The van der Waals surface area contributed by atoms with Crippen molar-refractivity contribution in [2.75, 3.05) is 4.90 Å². The Morgan fingerprint density at radius 2 is 1.91 bits per heavy atom. The highest BCUT2D eigenvalue weighted by atomic mass is 19.1. The van der Waals surface area contributed by atoms with Crippen molar-refractivity contribution in [1.82, 2.24) is 15.1 Å². The lowest BCUT2D eigenvalue weighted by Crippen LogP contribution is -2.36. The van der Waals surface area contributed by atoms with Crippen molar-refractivity contribution in [2.45, 2.75) is 39.3 Å². The number of fused-ring (bicyclic) bond motifs is 2. The number of carbonyl (C=O) groups excluding carboxylic acids is 2. The van der Waals surface area contributed by atoms with Gasteiger partial charge >= 0.3 is 0 Å². The molecule has 2 aromatic heterocycles. The number of benzene rings is 2. The number of hydrogen-bond donors (Lipinski definition) is 1. The molecule has 0 fully saturated rings. The third-order valence-corrected chi connectivity index (χ3v) is 6.53. The van der Waals surface area contributed by atoms with Crippen LogP contribution in [-0.2, 0) is 30.3 Å². The zero-order valence-electron chi connectivity index (χ0n) is 19.8. The van der Waals surface area contributed by atoms with E-state index >= 15 is 0 Å². The minimum atomic E-state index is -0.821. The highest BCUT2D eigenvalue weighted by Crippen LogP contribution is 2.43. The first-order chi connectivity index (χ1) is 16.6. The Balaban J connectivity index is 1.40. The Kier molecular flexibility index (Phi) is 5.23. The SMILES string of the molecule is Cc1nn(C)c(CN2C(=O)C(C)(C)c3ccc(C(=O)NCc4cc5cc(F)ccc5o4)cc32)c1F. The molecule has 2 amide bonds. The lowest BCUT2D eigenvalue weighted by molar-refractivity contribution is -0.122. The minimum Gasteiger partial charge on any atom is -0.459 e. The Hall–Kier alpha value is -4.01. The summed E-state index contributed by atoms with van der Waals surface area (Å²) < 4.78 is 35.1. The van der Waals surface area contributed by atoms with E-state index in [9.17, 15) is 18.4 Å². The van der Waals surface area contributed by atoms with Crippen LogP contribution in [0.5, 0.6) is 0 Å². The smallest absolute Gasteiger partial charge is 0.251 e. The molecular weight excluding hydrogens is 454 g/mol. The molecule has 0 saturated heterocycles. The Bertz CT molecular complexity index is 1500. The Morgan fingerprint density at radius 1 is 1.14 bits per heavy atom. The van der Waals surface area contributed by atoms with Gasteiger partial charge in [-0.2, -0.15) is 5.10 Å². The number of furan rings is 1. The van der Waals surface area contributed by atoms with Crippen LogP contribution in [0.25, 0.3) is 11.0 Å². The number of aromatic nitrogens is 2. The summed E-state index contributed by atoms with van der Waals surface area (Å²) in [5.41, 5.74) is 1.93. The van der Waals surface area contributed by atoms with Gasteiger partial charge in [-0.15, -0.1) is 0 Å². The van der Waals surface area contributed by atoms with Crippen LogP contribution < -0.4 is 10.2 Å². The minimum absolute atomic E-state index is 0.000939. The van der Waals surface area contributed by atoms with E-state index in [1.807, 2.05) is 13.8 Å². The monoisotopic (exact) mass is 478 g/mol. The van der Waals surface area contributed by atoms with Gasteiger partial charge in [0.1, 0.15) is 17.2 Å². The molecule has 1 N–H and O–H groups in total. The second kappa shape index (κ2) is 8.04. The van der Waals surface area contributed by atoms with E-state index in [1.165, 1.54) is 27.8 Å². The average Bonchev–Trinajstić information content (AvgIpc) is 3.39. The molecule has 0 radical (unpaired) electrons. The van der Waals surface area contributed by atoms with E-state index in [0.717, 1.165) is 5.56 Å². The van der Waals surface area contributed by atoms with Gasteiger partial charge in [0.25, 0.3) is 5.91 Å². The van der Waals surface area contributed by atoms with Crippen LogP contribution in [0.3, 0.4) is 0 Å². The number of nitrogens with zero attached hydrogens (tertiary/aromatic N) is 3. The summed E-state index contributed by atoms with van der Waals surface area (Å²) in [6, 6.07) is 11.0. The van der Waals surface area contributed by atoms with Crippen molar-refractivity contribution >= 4 is 28.5 Å². The zero-order valence-corrected chi connectivity index (χ0v) is 19.8. The molecule has 0 unspecified atom stereocenters. The lowest BCUT2D eigenvalue weighted by atomic mass is 9.86. The van der Waals surface area contributed by atoms with Crippen molar-refractivity contribution in [3.63, 3.8) is 0 Å². The van der Waals surface area contributed by atoms with Crippen LogP contribution in [0, 0.1) is 18.6 Å². The first-order valence-corrected chi connectivity index (χ1v) is 11.2. The summed E-state index contributed by atoms with van der Waals surface area (Å²) >= 11 is 0. The molecule has 0 atom stereocenters. The number of aryl methyl sites for hydroxylation is 2. The van der Waals surface area contributed by atoms with Gasteiger partial charge in [-0.1, -0.05) is 6.07 Å². The number of halogens is 2. The van der Waals surface area contributed by atoms with E-state index in [-0.39, 0.29) is 42.1 Å². The number of rotatable bonds is 5. The van der Waals surface area contributed by atoms with E-state index in [1.54, 1.807) is 38.2 Å². The van der Waals surface area contributed by atoms with Crippen molar-refractivity contribution in [2.24, 2.45) is 7.05 Å². The van der Waals surface area contributed by atoms with Crippen molar-refractivity contribution in [3.8, 4) is 0 Å². The number of carbonyl (C=O) groups is 2. The second-order valence-corrected chi connectivity index (χ2v) is 9.30. The van der Waals surface area contributed by atoms with Gasteiger partial charge in [0.05, 0.1) is 29.9 Å².